The number of thiazole rings is 1. The predicted octanol–water partition coefficient (Wildman–Crippen LogP) is 3.52. The maximum Gasteiger partial charge on any atom is 0.320 e. The van der Waals surface area contributed by atoms with E-state index in [-0.39, 0.29) is 5.92 Å². The average molecular weight is 332 g/mol. The van der Waals surface area contributed by atoms with Crippen LogP contribution in [0, 0.1) is 5.92 Å². The first-order valence-corrected chi connectivity index (χ1v) is 8.91. The molecular formula is C18H24N2O2S. The summed E-state index contributed by atoms with van der Waals surface area (Å²) in [5.41, 5.74) is 2.23. The molecule has 0 saturated heterocycles. The van der Waals surface area contributed by atoms with Crippen molar-refractivity contribution < 1.29 is 9.90 Å². The maximum atomic E-state index is 11.3. The van der Waals surface area contributed by atoms with E-state index in [1.165, 1.54) is 5.56 Å². The summed E-state index contributed by atoms with van der Waals surface area (Å²) < 4.78 is 0. The van der Waals surface area contributed by atoms with E-state index in [0.29, 0.717) is 6.54 Å². The standard InChI is InChI=1S/C18H24N2O2S/c1-3-13(2)17(18(21)22)19-11-15-12-23-16(20-15)10-9-14-7-5-4-6-8-14/h4-8,12-13,17,19H,3,9-11H2,1-2H3,(H,21,22)/t13-,17-/m0/s1. The minimum atomic E-state index is -0.793. The highest BCUT2D eigenvalue weighted by Crippen LogP contribution is 2.14. The second kappa shape index (κ2) is 8.79. The Balaban J connectivity index is 1.85. The Hall–Kier alpha value is -1.72. The number of aryl methyl sites for hydroxylation is 2. The number of benzene rings is 1. The Bertz CT molecular complexity index is 612. The van der Waals surface area contributed by atoms with Gasteiger partial charge in [-0.15, -0.1) is 11.3 Å². The molecule has 4 nitrogen and oxygen atoms in total. The van der Waals surface area contributed by atoms with Gasteiger partial charge in [-0.2, -0.15) is 0 Å². The topological polar surface area (TPSA) is 62.2 Å². The van der Waals surface area contributed by atoms with Crippen molar-refractivity contribution in [1.82, 2.24) is 10.3 Å². The highest BCUT2D eigenvalue weighted by Gasteiger charge is 2.22. The Morgan fingerprint density at radius 1 is 1.30 bits per heavy atom. The smallest absolute Gasteiger partial charge is 0.320 e. The van der Waals surface area contributed by atoms with Crippen LogP contribution in [0.4, 0.5) is 0 Å². The van der Waals surface area contributed by atoms with Gasteiger partial charge in [0.1, 0.15) is 6.04 Å². The van der Waals surface area contributed by atoms with Crippen molar-refractivity contribution >= 4 is 17.3 Å². The molecule has 2 aromatic rings. The lowest BCUT2D eigenvalue weighted by Crippen LogP contribution is -2.41. The molecule has 1 aromatic heterocycles. The van der Waals surface area contributed by atoms with Crippen molar-refractivity contribution in [3.05, 3.63) is 52.0 Å². The number of carboxylic acid groups (broad SMARTS) is 1. The molecule has 0 aliphatic carbocycles. The molecule has 124 valence electrons. The molecule has 0 amide bonds. The Kier molecular flexibility index (Phi) is 6.74. The van der Waals surface area contributed by atoms with Gasteiger partial charge in [-0.25, -0.2) is 4.98 Å². The van der Waals surface area contributed by atoms with Crippen LogP contribution in [0.5, 0.6) is 0 Å². The molecule has 2 rings (SSSR count). The van der Waals surface area contributed by atoms with E-state index in [1.54, 1.807) is 11.3 Å². The normalized spacial score (nSPS) is 13.7. The zero-order valence-corrected chi connectivity index (χ0v) is 14.5. The molecule has 0 bridgehead atoms. The number of hydrogen-bond acceptors (Lipinski definition) is 4. The van der Waals surface area contributed by atoms with Gasteiger partial charge < -0.3 is 5.11 Å². The molecule has 23 heavy (non-hydrogen) atoms. The first-order valence-electron chi connectivity index (χ1n) is 8.03. The molecule has 2 N–H and O–H groups in total. The van der Waals surface area contributed by atoms with Gasteiger partial charge in [0.25, 0.3) is 0 Å². The molecular weight excluding hydrogens is 308 g/mol. The van der Waals surface area contributed by atoms with Crippen LogP contribution in [-0.2, 0) is 24.2 Å². The van der Waals surface area contributed by atoms with Crippen LogP contribution >= 0.6 is 11.3 Å². The zero-order valence-electron chi connectivity index (χ0n) is 13.7. The molecule has 0 aliphatic heterocycles. The fourth-order valence-corrected chi connectivity index (χ4v) is 3.22. The lowest BCUT2D eigenvalue weighted by Gasteiger charge is -2.19. The van der Waals surface area contributed by atoms with E-state index in [9.17, 15) is 9.90 Å². The van der Waals surface area contributed by atoms with Crippen molar-refractivity contribution in [2.45, 2.75) is 45.7 Å². The Labute approximate surface area is 141 Å². The molecule has 2 atom stereocenters. The van der Waals surface area contributed by atoms with Crippen LogP contribution in [-0.4, -0.2) is 22.1 Å². The van der Waals surface area contributed by atoms with Crippen molar-refractivity contribution in [1.29, 1.82) is 0 Å². The van der Waals surface area contributed by atoms with Crippen LogP contribution in [0.15, 0.2) is 35.7 Å². The molecule has 0 radical (unpaired) electrons. The molecule has 0 unspecified atom stereocenters. The van der Waals surface area contributed by atoms with Crippen molar-refractivity contribution in [2.24, 2.45) is 5.92 Å². The van der Waals surface area contributed by atoms with E-state index in [1.807, 2.05) is 37.4 Å². The number of nitrogens with one attached hydrogen (secondary N) is 1. The molecule has 0 aliphatic rings. The van der Waals surface area contributed by atoms with E-state index < -0.39 is 12.0 Å². The van der Waals surface area contributed by atoms with Crippen LogP contribution < -0.4 is 5.32 Å². The first kappa shape index (κ1) is 17.6. The van der Waals surface area contributed by atoms with Crippen molar-refractivity contribution in [3.63, 3.8) is 0 Å². The summed E-state index contributed by atoms with van der Waals surface area (Å²) in [7, 11) is 0. The maximum absolute atomic E-state index is 11.3. The predicted molar refractivity (Wildman–Crippen MR) is 93.7 cm³/mol. The molecule has 1 aromatic carbocycles. The number of aromatic nitrogens is 1. The summed E-state index contributed by atoms with van der Waals surface area (Å²) in [6.45, 7) is 4.47. The molecule has 5 heteroatoms. The van der Waals surface area contributed by atoms with Crippen molar-refractivity contribution in [3.8, 4) is 0 Å². The van der Waals surface area contributed by atoms with Crippen LogP contribution in [0.2, 0.25) is 0 Å². The van der Waals surface area contributed by atoms with Gasteiger partial charge in [-0.05, 0) is 17.9 Å². The number of rotatable bonds is 9. The molecule has 0 fully saturated rings. The van der Waals surface area contributed by atoms with E-state index >= 15 is 0 Å². The summed E-state index contributed by atoms with van der Waals surface area (Å²) in [6.07, 6.45) is 2.73. The third-order valence-corrected chi connectivity index (χ3v) is 5.01. The van der Waals surface area contributed by atoms with Crippen LogP contribution in [0.3, 0.4) is 0 Å². The van der Waals surface area contributed by atoms with Crippen LogP contribution in [0.25, 0.3) is 0 Å². The average Bonchev–Trinajstić information content (AvgIpc) is 3.01. The lowest BCUT2D eigenvalue weighted by molar-refractivity contribution is -0.140. The second-order valence-corrected chi connectivity index (χ2v) is 6.74. The summed E-state index contributed by atoms with van der Waals surface area (Å²) in [6, 6.07) is 9.85. The van der Waals surface area contributed by atoms with Crippen LogP contribution in [0.1, 0.15) is 36.5 Å². The van der Waals surface area contributed by atoms with Gasteiger partial charge >= 0.3 is 5.97 Å². The van der Waals surface area contributed by atoms with Gasteiger partial charge in [0, 0.05) is 18.3 Å². The van der Waals surface area contributed by atoms with Crippen molar-refractivity contribution in [2.75, 3.05) is 0 Å². The van der Waals surface area contributed by atoms with Gasteiger partial charge in [0.15, 0.2) is 0 Å². The largest absolute Gasteiger partial charge is 0.480 e. The minimum Gasteiger partial charge on any atom is -0.480 e. The van der Waals surface area contributed by atoms with Gasteiger partial charge in [-0.3, -0.25) is 10.1 Å². The summed E-state index contributed by atoms with van der Waals surface area (Å²) >= 11 is 1.64. The highest BCUT2D eigenvalue weighted by molar-refractivity contribution is 7.09. The third kappa shape index (κ3) is 5.44. The molecule has 1 heterocycles. The number of carboxylic acids is 1. The first-order chi connectivity index (χ1) is 11.1. The Morgan fingerprint density at radius 2 is 2.04 bits per heavy atom. The second-order valence-electron chi connectivity index (χ2n) is 5.80. The molecule has 0 spiro atoms. The fourth-order valence-electron chi connectivity index (χ4n) is 2.42. The van der Waals surface area contributed by atoms with E-state index in [2.05, 4.69) is 22.4 Å². The van der Waals surface area contributed by atoms with Gasteiger partial charge in [0.05, 0.1) is 10.7 Å². The zero-order chi connectivity index (χ0) is 16.7. The fraction of sp³-hybridized carbons (Fsp3) is 0.444. The monoisotopic (exact) mass is 332 g/mol. The minimum absolute atomic E-state index is 0.101. The molecule has 0 saturated carbocycles. The third-order valence-electron chi connectivity index (χ3n) is 4.05. The number of carbonyl (C=O) groups is 1. The van der Waals surface area contributed by atoms with E-state index in [4.69, 9.17) is 0 Å². The number of nitrogens with zero attached hydrogens (tertiary/aromatic N) is 1. The van der Waals surface area contributed by atoms with Gasteiger partial charge in [-0.1, -0.05) is 50.6 Å². The number of aliphatic carboxylic acids is 1. The van der Waals surface area contributed by atoms with E-state index in [0.717, 1.165) is 30.0 Å². The quantitative estimate of drug-likeness (QED) is 0.737. The number of hydrogen-bond donors (Lipinski definition) is 2. The summed E-state index contributed by atoms with van der Waals surface area (Å²) in [5.74, 6) is -0.692. The van der Waals surface area contributed by atoms with Gasteiger partial charge in [0.2, 0.25) is 0 Å². The SMILES string of the molecule is CC[C@H](C)[C@H](NCc1csc(CCc2ccccc2)n1)C(=O)O. The lowest BCUT2D eigenvalue weighted by atomic mass is 9.99. The summed E-state index contributed by atoms with van der Waals surface area (Å²) in [5, 5.41) is 15.5. The summed E-state index contributed by atoms with van der Waals surface area (Å²) in [4.78, 5) is 15.9. The Morgan fingerprint density at radius 3 is 2.70 bits per heavy atom. The highest BCUT2D eigenvalue weighted by atomic mass is 32.1.